The number of halogens is 1. The third kappa shape index (κ3) is 3.27. The van der Waals surface area contributed by atoms with Gasteiger partial charge in [0.25, 0.3) is 0 Å². The van der Waals surface area contributed by atoms with Crippen LogP contribution in [0.3, 0.4) is 0 Å². The number of nitrogens with one attached hydrogen (secondary N) is 1. The summed E-state index contributed by atoms with van der Waals surface area (Å²) in [6.07, 6.45) is 0.579. The molecule has 0 saturated heterocycles. The molecule has 0 radical (unpaired) electrons. The van der Waals surface area contributed by atoms with Gasteiger partial charge in [-0.25, -0.2) is 9.18 Å². The first-order valence-electron chi connectivity index (χ1n) is 5.53. The minimum atomic E-state index is -1.38. The number of carbonyl (C=O) groups excluding carboxylic acids is 1. The Morgan fingerprint density at radius 1 is 1.50 bits per heavy atom. The zero-order chi connectivity index (χ0) is 13.7. The number of hydrogen-bond acceptors (Lipinski definition) is 3. The van der Waals surface area contributed by atoms with Crippen molar-refractivity contribution in [3.05, 3.63) is 29.6 Å². The van der Waals surface area contributed by atoms with E-state index in [1.54, 1.807) is 0 Å². The van der Waals surface area contributed by atoms with Gasteiger partial charge in [-0.3, -0.25) is 4.79 Å². The van der Waals surface area contributed by atoms with Gasteiger partial charge >= 0.3 is 5.97 Å². The number of anilines is 1. The van der Waals surface area contributed by atoms with Crippen molar-refractivity contribution in [2.75, 3.05) is 11.9 Å². The van der Waals surface area contributed by atoms with E-state index in [4.69, 9.17) is 10.8 Å². The molecule has 6 heteroatoms. The van der Waals surface area contributed by atoms with Crippen molar-refractivity contribution in [1.29, 1.82) is 0 Å². The van der Waals surface area contributed by atoms with Gasteiger partial charge in [0.15, 0.2) is 0 Å². The molecule has 0 aliphatic carbocycles. The van der Waals surface area contributed by atoms with E-state index in [2.05, 4.69) is 5.32 Å². The van der Waals surface area contributed by atoms with Crippen LogP contribution in [-0.4, -0.2) is 23.5 Å². The molecule has 1 unspecified atom stereocenters. The van der Waals surface area contributed by atoms with Gasteiger partial charge in [-0.05, 0) is 24.6 Å². The van der Waals surface area contributed by atoms with Gasteiger partial charge in [0, 0.05) is 12.2 Å². The summed E-state index contributed by atoms with van der Waals surface area (Å²) in [7, 11) is 0. The largest absolute Gasteiger partial charge is 0.478 e. The second-order valence-corrected chi connectivity index (χ2v) is 3.83. The van der Waals surface area contributed by atoms with Crippen molar-refractivity contribution < 1.29 is 19.1 Å². The van der Waals surface area contributed by atoms with Crippen LogP contribution >= 0.6 is 0 Å². The second-order valence-electron chi connectivity index (χ2n) is 3.83. The number of carbonyl (C=O) groups is 2. The summed E-state index contributed by atoms with van der Waals surface area (Å²) in [6, 6.07) is 3.39. The highest BCUT2D eigenvalue weighted by Gasteiger charge is 2.16. The van der Waals surface area contributed by atoms with Gasteiger partial charge in [0.05, 0.1) is 11.5 Å². The van der Waals surface area contributed by atoms with Crippen LogP contribution < -0.4 is 11.1 Å². The molecule has 0 saturated carbocycles. The standard InChI is InChI=1S/C12H15FN2O3/c1-2-7(6-14)11(16)15-8-3-4-10(13)9(5-8)12(17)18/h3-5,7H,2,6,14H2,1H3,(H,15,16)(H,17,18). The van der Waals surface area contributed by atoms with Crippen molar-refractivity contribution in [2.24, 2.45) is 11.7 Å². The molecule has 1 atom stereocenters. The molecule has 0 spiro atoms. The summed E-state index contributed by atoms with van der Waals surface area (Å²) < 4.78 is 13.1. The van der Waals surface area contributed by atoms with E-state index in [0.717, 1.165) is 12.1 Å². The number of aromatic carboxylic acids is 1. The highest BCUT2D eigenvalue weighted by molar-refractivity contribution is 5.95. The molecule has 98 valence electrons. The number of hydrogen-bond donors (Lipinski definition) is 3. The van der Waals surface area contributed by atoms with Crippen LogP contribution in [0.4, 0.5) is 10.1 Å². The average molecular weight is 254 g/mol. The smallest absolute Gasteiger partial charge is 0.338 e. The Hall–Kier alpha value is -1.95. The molecule has 0 aromatic heterocycles. The molecule has 1 amide bonds. The van der Waals surface area contributed by atoms with Crippen LogP contribution in [0, 0.1) is 11.7 Å². The van der Waals surface area contributed by atoms with Crippen molar-refractivity contribution in [2.45, 2.75) is 13.3 Å². The first-order valence-corrected chi connectivity index (χ1v) is 5.53. The van der Waals surface area contributed by atoms with Crippen molar-refractivity contribution in [3.63, 3.8) is 0 Å². The Kier molecular flexibility index (Phi) is 4.79. The number of benzene rings is 1. The van der Waals surface area contributed by atoms with Crippen molar-refractivity contribution in [3.8, 4) is 0 Å². The van der Waals surface area contributed by atoms with Gasteiger partial charge in [0.2, 0.25) is 5.91 Å². The third-order valence-corrected chi connectivity index (χ3v) is 2.61. The lowest BCUT2D eigenvalue weighted by molar-refractivity contribution is -0.119. The molecule has 1 aromatic carbocycles. The van der Waals surface area contributed by atoms with E-state index in [1.165, 1.54) is 6.07 Å². The molecular formula is C12H15FN2O3. The van der Waals surface area contributed by atoms with Crippen molar-refractivity contribution in [1.82, 2.24) is 0 Å². The Bertz CT molecular complexity index is 459. The van der Waals surface area contributed by atoms with E-state index >= 15 is 0 Å². The molecular weight excluding hydrogens is 239 g/mol. The predicted molar refractivity (Wildman–Crippen MR) is 64.8 cm³/mol. The highest BCUT2D eigenvalue weighted by Crippen LogP contribution is 2.16. The third-order valence-electron chi connectivity index (χ3n) is 2.61. The van der Waals surface area contributed by atoms with E-state index in [-0.39, 0.29) is 24.1 Å². The summed E-state index contributed by atoms with van der Waals surface area (Å²) >= 11 is 0. The molecule has 0 aliphatic heterocycles. The lowest BCUT2D eigenvalue weighted by Gasteiger charge is -2.13. The van der Waals surface area contributed by atoms with E-state index < -0.39 is 17.3 Å². The molecule has 0 fully saturated rings. The lowest BCUT2D eigenvalue weighted by atomic mass is 10.1. The van der Waals surface area contributed by atoms with Crippen molar-refractivity contribution >= 4 is 17.6 Å². The molecule has 1 aromatic rings. The zero-order valence-corrected chi connectivity index (χ0v) is 9.94. The topological polar surface area (TPSA) is 92.4 Å². The Labute approximate surface area is 104 Å². The molecule has 4 N–H and O–H groups in total. The van der Waals surface area contributed by atoms with Crippen LogP contribution in [0.5, 0.6) is 0 Å². The molecule has 5 nitrogen and oxygen atoms in total. The maximum Gasteiger partial charge on any atom is 0.338 e. The van der Waals surface area contributed by atoms with E-state index in [9.17, 15) is 14.0 Å². The maximum atomic E-state index is 13.1. The summed E-state index contributed by atoms with van der Waals surface area (Å²) in [4.78, 5) is 22.4. The summed E-state index contributed by atoms with van der Waals surface area (Å²) in [5.41, 5.74) is 5.19. The quantitative estimate of drug-likeness (QED) is 0.741. The fraction of sp³-hybridized carbons (Fsp3) is 0.333. The van der Waals surface area contributed by atoms with Crippen LogP contribution in [0.25, 0.3) is 0 Å². The molecule has 0 heterocycles. The highest BCUT2D eigenvalue weighted by atomic mass is 19.1. The van der Waals surface area contributed by atoms with Crippen LogP contribution in [0.2, 0.25) is 0 Å². The van der Waals surface area contributed by atoms with Gasteiger partial charge < -0.3 is 16.2 Å². The first kappa shape index (κ1) is 14.1. The van der Waals surface area contributed by atoms with Gasteiger partial charge in [-0.2, -0.15) is 0 Å². The maximum absolute atomic E-state index is 13.1. The number of nitrogens with two attached hydrogens (primary N) is 1. The lowest BCUT2D eigenvalue weighted by Crippen LogP contribution is -2.28. The number of rotatable bonds is 5. The molecule has 0 aliphatic rings. The Morgan fingerprint density at radius 3 is 2.67 bits per heavy atom. The number of carboxylic acids is 1. The second kappa shape index (κ2) is 6.11. The average Bonchev–Trinajstić information content (AvgIpc) is 2.32. The molecule has 0 bridgehead atoms. The fourth-order valence-electron chi connectivity index (χ4n) is 1.47. The summed E-state index contributed by atoms with van der Waals surface area (Å²) in [5.74, 6) is -2.87. The normalized spacial score (nSPS) is 11.9. The predicted octanol–water partition coefficient (Wildman–Crippen LogP) is 1.45. The summed E-state index contributed by atoms with van der Waals surface area (Å²) in [6.45, 7) is 2.03. The van der Waals surface area contributed by atoms with Crippen LogP contribution in [0.1, 0.15) is 23.7 Å². The SMILES string of the molecule is CCC(CN)C(=O)Nc1ccc(F)c(C(=O)O)c1. The monoisotopic (exact) mass is 254 g/mol. The molecule has 1 rings (SSSR count). The van der Waals surface area contributed by atoms with Crippen LogP contribution in [-0.2, 0) is 4.79 Å². The minimum absolute atomic E-state index is 0.204. The zero-order valence-electron chi connectivity index (χ0n) is 9.94. The minimum Gasteiger partial charge on any atom is -0.478 e. The van der Waals surface area contributed by atoms with Gasteiger partial charge in [-0.1, -0.05) is 6.92 Å². The van der Waals surface area contributed by atoms with Gasteiger partial charge in [-0.15, -0.1) is 0 Å². The number of amides is 1. The number of carboxylic acid groups (broad SMARTS) is 1. The Morgan fingerprint density at radius 2 is 2.17 bits per heavy atom. The van der Waals surface area contributed by atoms with E-state index in [1.807, 2.05) is 6.92 Å². The Balaban J connectivity index is 2.89. The van der Waals surface area contributed by atoms with Crippen LogP contribution in [0.15, 0.2) is 18.2 Å². The van der Waals surface area contributed by atoms with E-state index in [0.29, 0.717) is 6.42 Å². The first-order chi connectivity index (χ1) is 8.49. The van der Waals surface area contributed by atoms with Gasteiger partial charge in [0.1, 0.15) is 5.82 Å². The summed E-state index contributed by atoms with van der Waals surface area (Å²) in [5, 5.41) is 11.3. The molecule has 18 heavy (non-hydrogen) atoms. The fourth-order valence-corrected chi connectivity index (χ4v) is 1.47.